The van der Waals surface area contributed by atoms with Crippen LogP contribution in [-0.2, 0) is 55.8 Å². The van der Waals surface area contributed by atoms with Crippen molar-refractivity contribution >= 4 is 28.9 Å². The molecule has 0 radical (unpaired) electrons. The molecule has 10 aliphatic rings. The van der Waals surface area contributed by atoms with E-state index in [1.54, 1.807) is 27.7 Å². The zero-order valence-electron chi connectivity index (χ0n) is 158. The lowest BCUT2D eigenvalue weighted by molar-refractivity contribution is -0.130. The Morgan fingerprint density at radius 3 is 1.14 bits per heavy atom. The number of nitrogens with zero attached hydrogens (tertiary/aromatic N) is 5. The molecular weight excluding hydrogens is 1490 g/mol. The van der Waals surface area contributed by atoms with Gasteiger partial charge in [-0.05, 0) is 209 Å². The van der Waals surface area contributed by atoms with Crippen molar-refractivity contribution < 1.29 is 200 Å². The second-order valence-corrected chi connectivity index (χ2v) is 26.5. The van der Waals surface area contributed by atoms with Crippen molar-refractivity contribution in [3.05, 3.63) is 116 Å². The number of ether oxygens (including phenoxy) is 10. The molecule has 0 N–H and O–H groups in total. The largest absolute Gasteiger partial charge is 0.493 e. The van der Waals surface area contributed by atoms with Gasteiger partial charge in [-0.3, -0.25) is 48.5 Å². The molecule has 5 saturated heterocycles. The molecule has 0 aliphatic carbocycles. The first-order chi connectivity index (χ1) is 92.7. The van der Waals surface area contributed by atoms with Crippen molar-refractivity contribution in [2.75, 3.05) is 136 Å². The number of fused-ring (bicyclic) bond motifs is 15. The predicted octanol–water partition coefficient (Wildman–Crippen LogP) is 17.4. The van der Waals surface area contributed by atoms with E-state index in [1.807, 2.05) is 0 Å². The Labute approximate surface area is 837 Å². The first-order valence-electron chi connectivity index (χ1n) is 82.0. The maximum absolute atomic E-state index is 14.0. The molecule has 0 bridgehead atoms. The van der Waals surface area contributed by atoms with Crippen molar-refractivity contribution in [2.45, 2.75) is 214 Å². The lowest BCUT2D eigenvalue weighted by atomic mass is 9.79. The van der Waals surface area contributed by atoms with Crippen molar-refractivity contribution in [1.82, 2.24) is 24.5 Å². The van der Waals surface area contributed by atoms with Gasteiger partial charge in [0.1, 0.15) is 28.9 Å². The molecule has 0 saturated carbocycles. The summed E-state index contributed by atoms with van der Waals surface area (Å²) in [6, 6.07) is -24.8. The number of hydrogen-bond donors (Lipinski definition) is 0. The lowest BCUT2D eigenvalue weighted by Gasteiger charge is -2.43. The smallest absolute Gasteiger partial charge is 0.161 e. The molecule has 5 aromatic rings. The van der Waals surface area contributed by atoms with Crippen LogP contribution in [0.25, 0.3) is 0 Å². The molecule has 5 fully saturated rings. The van der Waals surface area contributed by atoms with Gasteiger partial charge in [0.2, 0.25) is 0 Å². The van der Waals surface area contributed by atoms with Crippen LogP contribution in [0.5, 0.6) is 57.5 Å². The number of aryl methyl sites for hydroxylation is 1. The van der Waals surface area contributed by atoms with Crippen LogP contribution in [0.4, 0.5) is 0 Å². The lowest BCUT2D eigenvalue weighted by Crippen LogP contribution is -2.46. The van der Waals surface area contributed by atoms with Crippen molar-refractivity contribution in [2.24, 2.45) is 59.1 Å². The van der Waals surface area contributed by atoms with Crippen molar-refractivity contribution in [1.29, 1.82) is 0 Å². The number of benzene rings is 5. The van der Waals surface area contributed by atoms with Crippen LogP contribution in [-0.4, -0.2) is 189 Å². The quantitative estimate of drug-likeness (QED) is 0.0598. The summed E-state index contributed by atoms with van der Waals surface area (Å²) in [7, 11) is -29.4. The topological polar surface area (TPSA) is 194 Å². The van der Waals surface area contributed by atoms with Crippen LogP contribution in [0.2, 0.25) is 0 Å². The summed E-state index contributed by atoms with van der Waals surface area (Å²) >= 11 is 0. The first kappa shape index (κ1) is 28.7. The summed E-state index contributed by atoms with van der Waals surface area (Å²) in [6.45, 7) is -32.1. The molecule has 15 rings (SSSR count). The van der Waals surface area contributed by atoms with Gasteiger partial charge in [0, 0.05) is 231 Å². The number of methoxy groups -OCH3 is 10. The van der Waals surface area contributed by atoms with Crippen LogP contribution < -0.4 is 47.4 Å². The fraction of sp³-hybridized carbons (Fsp3) is 0.643. The maximum atomic E-state index is 14.0. The molecule has 10 aliphatic heterocycles. The molecular formula is C98H141N5O15. The van der Waals surface area contributed by atoms with Crippen molar-refractivity contribution in [3.63, 3.8) is 0 Å². The zero-order chi connectivity index (χ0) is 167. The third-order valence-corrected chi connectivity index (χ3v) is 18.0. The highest BCUT2D eigenvalue weighted by molar-refractivity contribution is 5.86. The van der Waals surface area contributed by atoms with Gasteiger partial charge >= 0.3 is 0 Å². The fourth-order valence-corrected chi connectivity index (χ4v) is 12.4. The summed E-state index contributed by atoms with van der Waals surface area (Å²) in [5.41, 5.74) is -10.6. The summed E-state index contributed by atoms with van der Waals surface area (Å²) in [5.74, 6) is -44.1. The monoisotopic (exact) mass is 1720 g/mol. The fourth-order valence-electron chi connectivity index (χ4n) is 12.4. The van der Waals surface area contributed by atoms with Crippen LogP contribution in [0.15, 0.2) is 60.5 Å². The minimum atomic E-state index is -4.30. The van der Waals surface area contributed by atoms with E-state index in [1.165, 1.54) is 0 Å². The third kappa shape index (κ3) is 21.0. The van der Waals surface area contributed by atoms with Gasteiger partial charge in [-0.25, -0.2) is 0 Å². The molecule has 20 heteroatoms. The highest BCUT2D eigenvalue weighted by atomic mass is 16.5. The van der Waals surface area contributed by atoms with E-state index in [2.05, 4.69) is 14.2 Å². The zero-order valence-corrected chi connectivity index (χ0v) is 63.6. The molecule has 118 heavy (non-hydrogen) atoms. The SMILES string of the molecule is [2H]C([2H])([2H])Oc1cc2c(cc1OC([2H])([2H])[2H])C1([2H])N(CC([2H])(CC(C)C)C(=O)C1([2H])[2H])C([2H])([2H])C2([2H])[2H].[2H]c1c(OC([2H])([2H])[2H])c(OC([2H])([2H])[2H])c([2H])c2c1C([2H])([2H])C([2H])([2H])N1CC([2H])(C([2H])([2H])C([2H])(C([2H])([2H])[2H])C([2H])([2H])C)C(=O)C([2H])([2H])C21[2H].[2H]c1c(OC([2H])([2H])[2H])c(OC([2H])([2H])[2H])c([2H])c2c1C1([2H])CC(=O)C(C([2H])([2H])C([2H])(C([2H])([2H])[2H])C([2H])([2H])C)C([2H])([2H])N1C([2H])([2H])C2([2H])[2H].[2H]c1c(OC([2H])([2H])[2H])c(OC([2H])([2H])[2H])c([2H])c2c1C1([2H])CC(=O)C(CC(C)C)C([2H])([2H])N1C([2H])([2H])C2([2H])[2H].[2H]c1c(OC([2H])([2H])[2H])c(OC)c([2H])c2c1C1([2H])CC(=O)C(C([2H])([2H])C([2H])(C([2H])([2H])[2H])C([2H])([2H])C)CN1C([2H])([2H])C2([2H])[2H]. The molecule has 13 atom stereocenters. The van der Waals surface area contributed by atoms with Crippen LogP contribution >= 0.6 is 0 Å². The summed E-state index contributed by atoms with van der Waals surface area (Å²) < 4.78 is 819. The minimum absolute atomic E-state index is 0.0550. The molecule has 10 heterocycles. The van der Waals surface area contributed by atoms with Crippen molar-refractivity contribution in [3.8, 4) is 57.5 Å². The van der Waals surface area contributed by atoms with Gasteiger partial charge in [0.05, 0.1) is 125 Å². The molecule has 0 spiro atoms. The third-order valence-electron chi connectivity index (χ3n) is 18.0. The summed E-state index contributed by atoms with van der Waals surface area (Å²) in [5, 5.41) is 0. The Morgan fingerprint density at radius 2 is 0.712 bits per heavy atom. The number of piperidine rings is 5. The molecule has 13 unspecified atom stereocenters. The predicted molar refractivity (Wildman–Crippen MR) is 465 cm³/mol. The number of rotatable bonds is 23. The van der Waals surface area contributed by atoms with E-state index in [4.69, 9.17) is 157 Å². The van der Waals surface area contributed by atoms with Crippen LogP contribution in [0.3, 0.4) is 0 Å². The van der Waals surface area contributed by atoms with E-state index in [0.717, 1.165) is 7.11 Å². The van der Waals surface area contributed by atoms with E-state index in [9.17, 15) is 29.5 Å². The van der Waals surface area contributed by atoms with Crippen LogP contribution in [0, 0.1) is 59.1 Å². The number of Topliss-reactive ketones (excluding diaryl/α,β-unsaturated/α-hetero) is 5. The Hall–Kier alpha value is -7.75. The number of hydrogen-bond acceptors (Lipinski definition) is 20. The van der Waals surface area contributed by atoms with Gasteiger partial charge in [-0.1, -0.05) is 88.1 Å². The average Bonchev–Trinajstić information content (AvgIpc) is 0.646. The van der Waals surface area contributed by atoms with E-state index >= 15 is 0 Å². The first-order valence-corrected chi connectivity index (χ1v) is 35.0. The van der Waals surface area contributed by atoms with Gasteiger partial charge in [-0.15, -0.1) is 0 Å². The van der Waals surface area contributed by atoms with Gasteiger partial charge < -0.3 is 47.4 Å². The highest BCUT2D eigenvalue weighted by Crippen LogP contribution is 2.49. The summed E-state index contributed by atoms with van der Waals surface area (Å²) in [6.07, 6.45) is -50.7. The second kappa shape index (κ2) is 41.7. The molecule has 0 amide bonds. The Morgan fingerprint density at radius 1 is 0.381 bits per heavy atom. The van der Waals surface area contributed by atoms with E-state index in [0.29, 0.717) is 42.7 Å². The average molecular weight is 1720 g/mol. The Balaban J connectivity index is 0.000000243. The van der Waals surface area contributed by atoms with Gasteiger partial charge in [0.15, 0.2) is 57.5 Å². The van der Waals surface area contributed by atoms with E-state index < -0.39 is 519 Å². The second-order valence-electron chi connectivity index (χ2n) is 26.5. The molecule has 20 nitrogen and oxygen atoms in total. The standard InChI is InChI=1S/3C20H29NO3.2C19H27NO3/c3*1-5-13(2)8-15-12-21-7-6-14-9-19(23-3)20(24-4)10-16(14)17(21)11-18(15)22;2*1-12(2)7-14-11-20-6-5-13-8-18(22-3)19(23-4)9-15(13)16(20)10-17(14)21/h3*9-10,13,15,17H,5-8,11-12H2,1-4H3;2*8-9,12,14,16H,5-7,10-11H2,1-4H3/i2D3,3D3,4D3,5D2,6D2,7D2,8D2,9D,10D,11D2,13D,15D,17D;2D3,3D3,4D3,5D2,6D2,7D2,8D2,9D,10D,12D2,13D,17D;2D3,4D3,5D2,6D2,7D2,8D2,9D,10D,13D,17D;3D3,4D3,5D2,6D2,8D,9D,11D2,16D;3D3,4D3,5D2,6D2,10D2,14D,16D. The minimum Gasteiger partial charge on any atom is -0.493 e. The molecule has 0 aromatic heterocycles. The Kier molecular flexibility index (Phi) is 10.1. The number of carbonyl (C=O) groups excluding carboxylic acids is 5. The van der Waals surface area contributed by atoms with E-state index in [-0.39, 0.29) is 39.4 Å². The molecule has 648 valence electrons. The number of carbonyl (C=O) groups is 5. The maximum Gasteiger partial charge on any atom is 0.161 e. The van der Waals surface area contributed by atoms with Gasteiger partial charge in [0.25, 0.3) is 0 Å². The normalized spacial score (nSPS) is 49.5. The van der Waals surface area contributed by atoms with Gasteiger partial charge in [-0.2, -0.15) is 0 Å². The number of ketones is 5. The van der Waals surface area contributed by atoms with Crippen LogP contribution in [0.1, 0.15) is 367 Å². The Bertz CT molecular complexity index is 8720. The highest BCUT2D eigenvalue weighted by Gasteiger charge is 2.45. The molecule has 5 aromatic carbocycles. The summed E-state index contributed by atoms with van der Waals surface area (Å²) in [4.78, 5) is 68.5.